The van der Waals surface area contributed by atoms with Crippen molar-refractivity contribution < 1.29 is 14.3 Å². The van der Waals surface area contributed by atoms with Gasteiger partial charge in [-0.3, -0.25) is 4.79 Å². The molecule has 0 unspecified atom stereocenters. The topological polar surface area (TPSA) is 95.1 Å². The van der Waals surface area contributed by atoms with E-state index in [4.69, 9.17) is 9.47 Å². The van der Waals surface area contributed by atoms with Gasteiger partial charge in [0.05, 0.1) is 18.7 Å². The van der Waals surface area contributed by atoms with E-state index in [0.717, 1.165) is 11.1 Å². The maximum Gasteiger partial charge on any atom is 0.266 e. The molecule has 0 aliphatic heterocycles. The van der Waals surface area contributed by atoms with Crippen LogP contribution in [0.4, 0.5) is 5.69 Å². The molecule has 0 aliphatic rings. The Morgan fingerprint density at radius 2 is 1.78 bits per heavy atom. The van der Waals surface area contributed by atoms with Crippen LogP contribution in [0.25, 0.3) is 6.08 Å². The number of methoxy groups -OCH3 is 1. The Balaban J connectivity index is 1.78. The molecule has 0 aromatic heterocycles. The third-order valence-electron chi connectivity index (χ3n) is 4.78. The van der Waals surface area contributed by atoms with E-state index >= 15 is 0 Å². The lowest BCUT2D eigenvalue weighted by molar-refractivity contribution is -0.112. The summed E-state index contributed by atoms with van der Waals surface area (Å²) < 4.78 is 11.3. The molecule has 6 nitrogen and oxygen atoms in total. The van der Waals surface area contributed by atoms with Crippen molar-refractivity contribution in [2.45, 2.75) is 13.5 Å². The number of aryl methyl sites for hydroxylation is 1. The molecule has 0 heterocycles. The largest absolute Gasteiger partial charge is 0.493 e. The lowest BCUT2D eigenvalue weighted by Crippen LogP contribution is -2.14. The average molecular weight is 423 g/mol. The highest BCUT2D eigenvalue weighted by Gasteiger charge is 2.12. The number of rotatable bonds is 7. The van der Waals surface area contributed by atoms with E-state index in [1.807, 2.05) is 43.3 Å². The fraction of sp³-hybridized carbons (Fsp3) is 0.115. The first-order valence-electron chi connectivity index (χ1n) is 9.83. The molecule has 0 spiro atoms. The van der Waals surface area contributed by atoms with E-state index in [-0.39, 0.29) is 12.2 Å². The van der Waals surface area contributed by atoms with Crippen LogP contribution in [-0.2, 0) is 11.4 Å². The molecule has 0 saturated carbocycles. The standard InChI is InChI=1S/C26H21N3O3/c1-18-7-3-6-10-23(18)29-26(30)22(16-28)13-19-11-12-24(25(14-19)31-2)32-17-21-9-5-4-8-20(21)15-27/h3-14H,17H2,1-2H3,(H,29,30)/b22-13-. The number of hydrogen-bond donors (Lipinski definition) is 1. The summed E-state index contributed by atoms with van der Waals surface area (Å²) >= 11 is 0. The molecule has 0 aliphatic carbocycles. The molecule has 0 atom stereocenters. The predicted octanol–water partition coefficient (Wildman–Crippen LogP) is 5.00. The summed E-state index contributed by atoms with van der Waals surface area (Å²) in [5.41, 5.74) is 3.44. The summed E-state index contributed by atoms with van der Waals surface area (Å²) in [6, 6.07) is 23.8. The van der Waals surface area contributed by atoms with Gasteiger partial charge in [0.25, 0.3) is 5.91 Å². The van der Waals surface area contributed by atoms with Gasteiger partial charge >= 0.3 is 0 Å². The average Bonchev–Trinajstić information content (AvgIpc) is 2.82. The first-order chi connectivity index (χ1) is 15.5. The number of anilines is 1. The quantitative estimate of drug-likeness (QED) is 0.426. The monoisotopic (exact) mass is 423 g/mol. The molecule has 0 saturated heterocycles. The molecule has 1 amide bonds. The van der Waals surface area contributed by atoms with Crippen molar-refractivity contribution in [1.29, 1.82) is 10.5 Å². The van der Waals surface area contributed by atoms with Crippen LogP contribution in [0.15, 0.2) is 72.3 Å². The lowest BCUT2D eigenvalue weighted by atomic mass is 10.1. The van der Waals surface area contributed by atoms with Crippen molar-refractivity contribution in [3.8, 4) is 23.6 Å². The van der Waals surface area contributed by atoms with Crippen molar-refractivity contribution in [3.63, 3.8) is 0 Å². The zero-order chi connectivity index (χ0) is 22.9. The summed E-state index contributed by atoms with van der Waals surface area (Å²) in [4.78, 5) is 12.6. The zero-order valence-corrected chi connectivity index (χ0v) is 17.8. The fourth-order valence-electron chi connectivity index (χ4n) is 3.02. The van der Waals surface area contributed by atoms with Crippen molar-refractivity contribution in [2.75, 3.05) is 12.4 Å². The van der Waals surface area contributed by atoms with Crippen LogP contribution in [-0.4, -0.2) is 13.0 Å². The number of amides is 1. The Morgan fingerprint density at radius 3 is 2.50 bits per heavy atom. The van der Waals surface area contributed by atoms with Gasteiger partial charge in [0.15, 0.2) is 11.5 Å². The van der Waals surface area contributed by atoms with E-state index in [1.165, 1.54) is 13.2 Å². The van der Waals surface area contributed by atoms with Crippen LogP contribution in [0.2, 0.25) is 0 Å². The molecule has 0 fully saturated rings. The van der Waals surface area contributed by atoms with Gasteiger partial charge in [-0.25, -0.2) is 0 Å². The summed E-state index contributed by atoms with van der Waals surface area (Å²) in [6.07, 6.45) is 1.49. The van der Waals surface area contributed by atoms with Gasteiger partial charge in [-0.2, -0.15) is 10.5 Å². The van der Waals surface area contributed by atoms with Crippen LogP contribution in [0, 0.1) is 29.6 Å². The number of carbonyl (C=O) groups is 1. The Labute approximate surface area is 186 Å². The van der Waals surface area contributed by atoms with Gasteiger partial charge in [-0.05, 0) is 48.4 Å². The van der Waals surface area contributed by atoms with Crippen molar-refractivity contribution >= 4 is 17.7 Å². The zero-order valence-electron chi connectivity index (χ0n) is 17.8. The minimum Gasteiger partial charge on any atom is -0.493 e. The Morgan fingerprint density at radius 1 is 1.03 bits per heavy atom. The predicted molar refractivity (Wildman–Crippen MR) is 122 cm³/mol. The normalized spacial score (nSPS) is 10.6. The molecule has 0 bridgehead atoms. The van der Waals surface area contributed by atoms with Crippen LogP contribution in [0.5, 0.6) is 11.5 Å². The number of hydrogen-bond acceptors (Lipinski definition) is 5. The van der Waals surface area contributed by atoms with Gasteiger partial charge < -0.3 is 14.8 Å². The summed E-state index contributed by atoms with van der Waals surface area (Å²) in [5, 5.41) is 21.5. The first kappa shape index (κ1) is 22.1. The van der Waals surface area contributed by atoms with E-state index in [9.17, 15) is 15.3 Å². The number of benzene rings is 3. The van der Waals surface area contributed by atoms with Gasteiger partial charge in [0.1, 0.15) is 18.2 Å². The maximum absolute atomic E-state index is 12.6. The number of nitrogens with zero attached hydrogens (tertiary/aromatic N) is 2. The smallest absolute Gasteiger partial charge is 0.266 e. The van der Waals surface area contributed by atoms with E-state index < -0.39 is 5.91 Å². The Hall–Kier alpha value is -4.55. The Kier molecular flexibility index (Phi) is 7.24. The number of nitriles is 2. The number of nitrogens with one attached hydrogen (secondary N) is 1. The fourth-order valence-corrected chi connectivity index (χ4v) is 3.02. The number of carbonyl (C=O) groups excluding carboxylic acids is 1. The van der Waals surface area contributed by atoms with Crippen LogP contribution in [0.3, 0.4) is 0 Å². The minimum absolute atomic E-state index is 0.0353. The highest BCUT2D eigenvalue weighted by molar-refractivity contribution is 6.10. The number of para-hydroxylation sites is 1. The summed E-state index contributed by atoms with van der Waals surface area (Å²) in [5.74, 6) is 0.444. The van der Waals surface area contributed by atoms with Crippen LogP contribution < -0.4 is 14.8 Å². The van der Waals surface area contributed by atoms with Gasteiger partial charge in [0, 0.05) is 11.3 Å². The molecule has 3 aromatic rings. The summed E-state index contributed by atoms with van der Waals surface area (Å²) in [7, 11) is 1.51. The highest BCUT2D eigenvalue weighted by atomic mass is 16.5. The molecule has 0 radical (unpaired) electrons. The molecule has 3 rings (SSSR count). The molecular weight excluding hydrogens is 402 g/mol. The maximum atomic E-state index is 12.6. The molecule has 6 heteroatoms. The second-order valence-corrected chi connectivity index (χ2v) is 6.91. The summed E-state index contributed by atoms with van der Waals surface area (Å²) in [6.45, 7) is 2.08. The first-order valence-corrected chi connectivity index (χ1v) is 9.83. The second kappa shape index (κ2) is 10.5. The van der Waals surface area contributed by atoms with E-state index in [0.29, 0.717) is 28.3 Å². The van der Waals surface area contributed by atoms with Gasteiger partial charge in [0.2, 0.25) is 0 Å². The molecule has 1 N–H and O–H groups in total. The lowest BCUT2D eigenvalue weighted by Gasteiger charge is -2.12. The van der Waals surface area contributed by atoms with Gasteiger partial charge in [-0.15, -0.1) is 0 Å². The second-order valence-electron chi connectivity index (χ2n) is 6.91. The van der Waals surface area contributed by atoms with Crippen molar-refractivity contribution in [2.24, 2.45) is 0 Å². The SMILES string of the molecule is COc1cc(/C=C(/C#N)C(=O)Nc2ccccc2C)ccc1OCc1ccccc1C#N. The molecular formula is C26H21N3O3. The van der Waals surface area contributed by atoms with Crippen LogP contribution in [0.1, 0.15) is 22.3 Å². The minimum atomic E-state index is -0.491. The molecule has 158 valence electrons. The van der Waals surface area contributed by atoms with E-state index in [1.54, 1.807) is 36.4 Å². The van der Waals surface area contributed by atoms with Gasteiger partial charge in [-0.1, -0.05) is 42.5 Å². The van der Waals surface area contributed by atoms with Crippen molar-refractivity contribution in [1.82, 2.24) is 0 Å². The third kappa shape index (κ3) is 5.33. The Bertz CT molecular complexity index is 1250. The molecule has 3 aromatic carbocycles. The third-order valence-corrected chi connectivity index (χ3v) is 4.78. The highest BCUT2D eigenvalue weighted by Crippen LogP contribution is 2.30. The molecule has 32 heavy (non-hydrogen) atoms. The van der Waals surface area contributed by atoms with Crippen molar-refractivity contribution in [3.05, 3.63) is 94.6 Å². The number of ether oxygens (including phenoxy) is 2. The van der Waals surface area contributed by atoms with Crippen LogP contribution >= 0.6 is 0 Å². The van der Waals surface area contributed by atoms with E-state index in [2.05, 4.69) is 11.4 Å².